The largest absolute Gasteiger partial charge is 0.465 e. The molecule has 0 aromatic heterocycles. The van der Waals surface area contributed by atoms with E-state index in [1.54, 1.807) is 18.2 Å². The average Bonchev–Trinajstić information content (AvgIpc) is 2.61. The Hall–Kier alpha value is -3.07. The quantitative estimate of drug-likeness (QED) is 0.632. The van der Waals surface area contributed by atoms with E-state index in [2.05, 4.69) is 6.58 Å². The van der Waals surface area contributed by atoms with E-state index < -0.39 is 0 Å². The van der Waals surface area contributed by atoms with Crippen molar-refractivity contribution in [2.45, 2.75) is 0 Å². The van der Waals surface area contributed by atoms with Crippen LogP contribution in [0, 0.1) is 0 Å². The first-order valence-corrected chi connectivity index (χ1v) is 7.23. The van der Waals surface area contributed by atoms with Gasteiger partial charge in [0.15, 0.2) is 0 Å². The van der Waals surface area contributed by atoms with Gasteiger partial charge in [-0.25, -0.2) is 4.79 Å². The van der Waals surface area contributed by atoms with Crippen molar-refractivity contribution in [1.82, 2.24) is 0 Å². The van der Waals surface area contributed by atoms with Crippen molar-refractivity contribution in [3.8, 4) is 11.5 Å². The molecule has 3 heteroatoms. The minimum absolute atomic E-state index is 0.385. The number of hydrogen-bond acceptors (Lipinski definition) is 3. The predicted octanol–water partition coefficient (Wildman–Crippen LogP) is 5.06. The number of hydrogen-bond donors (Lipinski definition) is 0. The SMILES string of the molecule is C=Cc1cc(C(=O)OC)cc2c(Oc3ccccc3)cccc12. The maximum absolute atomic E-state index is 11.9. The van der Waals surface area contributed by atoms with E-state index in [0.29, 0.717) is 11.3 Å². The monoisotopic (exact) mass is 304 g/mol. The Bertz CT molecular complexity index is 867. The molecule has 23 heavy (non-hydrogen) atoms. The second kappa shape index (κ2) is 6.36. The van der Waals surface area contributed by atoms with Gasteiger partial charge in [-0.15, -0.1) is 0 Å². The highest BCUT2D eigenvalue weighted by atomic mass is 16.5. The molecule has 3 nitrogen and oxygen atoms in total. The predicted molar refractivity (Wildman–Crippen MR) is 91.9 cm³/mol. The van der Waals surface area contributed by atoms with Gasteiger partial charge in [-0.2, -0.15) is 0 Å². The highest BCUT2D eigenvalue weighted by Gasteiger charge is 2.12. The smallest absolute Gasteiger partial charge is 0.337 e. The number of benzene rings is 3. The van der Waals surface area contributed by atoms with Crippen molar-refractivity contribution in [3.63, 3.8) is 0 Å². The molecule has 0 bridgehead atoms. The lowest BCUT2D eigenvalue weighted by Gasteiger charge is -2.12. The first-order valence-electron chi connectivity index (χ1n) is 7.23. The molecule has 3 rings (SSSR count). The molecular formula is C20H16O3. The molecule has 0 spiro atoms. The molecule has 3 aromatic carbocycles. The van der Waals surface area contributed by atoms with Crippen LogP contribution in [0.15, 0.2) is 67.2 Å². The molecule has 0 amide bonds. The van der Waals surface area contributed by atoms with Gasteiger partial charge < -0.3 is 9.47 Å². The molecule has 0 N–H and O–H groups in total. The minimum Gasteiger partial charge on any atom is -0.465 e. The summed E-state index contributed by atoms with van der Waals surface area (Å²) in [5.41, 5.74) is 1.33. The number of carbonyl (C=O) groups excluding carboxylic acids is 1. The van der Waals surface area contributed by atoms with Gasteiger partial charge in [0.2, 0.25) is 0 Å². The third-order valence-electron chi connectivity index (χ3n) is 3.60. The third-order valence-corrected chi connectivity index (χ3v) is 3.60. The van der Waals surface area contributed by atoms with Gasteiger partial charge in [0, 0.05) is 5.39 Å². The lowest BCUT2D eigenvalue weighted by molar-refractivity contribution is 0.0601. The fraction of sp³-hybridized carbons (Fsp3) is 0.0500. The van der Waals surface area contributed by atoms with Gasteiger partial charge >= 0.3 is 5.97 Å². The summed E-state index contributed by atoms with van der Waals surface area (Å²) in [6.45, 7) is 3.83. The van der Waals surface area contributed by atoms with Gasteiger partial charge in [0.1, 0.15) is 11.5 Å². The first kappa shape index (κ1) is 14.9. The molecule has 0 atom stereocenters. The zero-order valence-electron chi connectivity index (χ0n) is 12.8. The molecule has 0 aliphatic rings. The Balaban J connectivity index is 2.18. The van der Waals surface area contributed by atoms with Crippen molar-refractivity contribution in [1.29, 1.82) is 0 Å². The van der Waals surface area contributed by atoms with E-state index >= 15 is 0 Å². The van der Waals surface area contributed by atoms with E-state index in [1.165, 1.54) is 7.11 Å². The Labute approximate surface area is 134 Å². The number of para-hydroxylation sites is 1. The van der Waals surface area contributed by atoms with Crippen molar-refractivity contribution in [2.24, 2.45) is 0 Å². The van der Waals surface area contributed by atoms with Crippen LogP contribution in [-0.4, -0.2) is 13.1 Å². The Morgan fingerprint density at radius 2 is 1.78 bits per heavy atom. The standard InChI is InChI=1S/C20H16O3/c1-3-14-12-15(20(21)22-2)13-18-17(14)10-7-11-19(18)23-16-8-5-4-6-9-16/h3-13H,1H2,2H3. The van der Waals surface area contributed by atoms with Crippen molar-refractivity contribution >= 4 is 22.8 Å². The van der Waals surface area contributed by atoms with Gasteiger partial charge in [-0.3, -0.25) is 0 Å². The van der Waals surface area contributed by atoms with Crippen LogP contribution in [0.1, 0.15) is 15.9 Å². The van der Waals surface area contributed by atoms with Gasteiger partial charge in [-0.05, 0) is 41.3 Å². The van der Waals surface area contributed by atoms with Crippen LogP contribution >= 0.6 is 0 Å². The van der Waals surface area contributed by atoms with Gasteiger partial charge in [0.05, 0.1) is 12.7 Å². The topological polar surface area (TPSA) is 35.5 Å². The third kappa shape index (κ3) is 2.94. The second-order valence-electron chi connectivity index (χ2n) is 5.03. The van der Waals surface area contributed by atoms with Crippen molar-refractivity contribution < 1.29 is 14.3 Å². The summed E-state index contributed by atoms with van der Waals surface area (Å²) in [5, 5.41) is 1.82. The van der Waals surface area contributed by atoms with Crippen molar-refractivity contribution in [3.05, 3.63) is 78.4 Å². The molecule has 0 fully saturated rings. The minimum atomic E-state index is -0.385. The zero-order valence-corrected chi connectivity index (χ0v) is 12.8. The highest BCUT2D eigenvalue weighted by Crippen LogP contribution is 2.33. The van der Waals surface area contributed by atoms with E-state index in [1.807, 2.05) is 48.5 Å². The number of carbonyl (C=O) groups is 1. The molecule has 0 unspecified atom stereocenters. The molecule has 0 heterocycles. The maximum atomic E-state index is 11.9. The van der Waals surface area contributed by atoms with Crippen molar-refractivity contribution in [2.75, 3.05) is 7.11 Å². The first-order chi connectivity index (χ1) is 11.2. The second-order valence-corrected chi connectivity index (χ2v) is 5.03. The Morgan fingerprint density at radius 1 is 1.00 bits per heavy atom. The maximum Gasteiger partial charge on any atom is 0.337 e. The van der Waals surface area contributed by atoms with Crippen LogP contribution in [0.3, 0.4) is 0 Å². The lowest BCUT2D eigenvalue weighted by Crippen LogP contribution is -2.02. The van der Waals surface area contributed by atoms with Gasteiger partial charge in [-0.1, -0.05) is 43.0 Å². The van der Waals surface area contributed by atoms with Crippen LogP contribution in [0.25, 0.3) is 16.8 Å². The van der Waals surface area contributed by atoms with Crippen LogP contribution in [0.4, 0.5) is 0 Å². The average molecular weight is 304 g/mol. The van der Waals surface area contributed by atoms with Crippen LogP contribution in [-0.2, 0) is 4.74 Å². The molecule has 0 saturated carbocycles. The zero-order chi connectivity index (χ0) is 16.2. The van der Waals surface area contributed by atoms with E-state index in [9.17, 15) is 4.79 Å². The summed E-state index contributed by atoms with van der Waals surface area (Å²) >= 11 is 0. The molecule has 0 saturated heterocycles. The molecule has 3 aromatic rings. The lowest BCUT2D eigenvalue weighted by atomic mass is 10.00. The van der Waals surface area contributed by atoms with Gasteiger partial charge in [0.25, 0.3) is 0 Å². The number of rotatable bonds is 4. The van der Waals surface area contributed by atoms with Crippen LogP contribution < -0.4 is 4.74 Å². The fourth-order valence-electron chi connectivity index (χ4n) is 2.50. The summed E-state index contributed by atoms with van der Waals surface area (Å²) in [4.78, 5) is 11.9. The molecule has 0 aliphatic carbocycles. The van der Waals surface area contributed by atoms with E-state index in [-0.39, 0.29) is 5.97 Å². The van der Waals surface area contributed by atoms with E-state index in [0.717, 1.165) is 22.1 Å². The summed E-state index contributed by atoms with van der Waals surface area (Å²) in [6.07, 6.45) is 1.72. The Morgan fingerprint density at radius 3 is 2.48 bits per heavy atom. The van der Waals surface area contributed by atoms with Crippen LogP contribution in [0.2, 0.25) is 0 Å². The number of methoxy groups -OCH3 is 1. The summed E-state index contributed by atoms with van der Waals surface area (Å²) < 4.78 is 10.8. The summed E-state index contributed by atoms with van der Waals surface area (Å²) in [5.74, 6) is 1.04. The highest BCUT2D eigenvalue weighted by molar-refractivity contribution is 6.01. The van der Waals surface area contributed by atoms with E-state index in [4.69, 9.17) is 9.47 Å². The molecule has 114 valence electrons. The fourth-order valence-corrected chi connectivity index (χ4v) is 2.50. The summed E-state index contributed by atoms with van der Waals surface area (Å²) in [6, 6.07) is 18.9. The normalized spacial score (nSPS) is 10.3. The number of ether oxygens (including phenoxy) is 2. The Kier molecular flexibility index (Phi) is 4.11. The molecule has 0 radical (unpaired) electrons. The summed E-state index contributed by atoms with van der Waals surface area (Å²) in [7, 11) is 1.37. The molecule has 0 aliphatic heterocycles. The number of fused-ring (bicyclic) bond motifs is 1. The number of esters is 1. The molecular weight excluding hydrogens is 288 g/mol. The van der Waals surface area contributed by atoms with Crippen LogP contribution in [0.5, 0.6) is 11.5 Å².